The van der Waals surface area contributed by atoms with Gasteiger partial charge in [-0.15, -0.1) is 0 Å². The molecule has 0 nitrogen and oxygen atoms in total. The first-order valence-corrected chi connectivity index (χ1v) is 7.56. The highest BCUT2D eigenvalue weighted by Gasteiger charge is 2.26. The van der Waals surface area contributed by atoms with Crippen LogP contribution in [-0.4, -0.2) is 12.3 Å². The lowest BCUT2D eigenvalue weighted by atomic mass is 9.95. The second-order valence-electron chi connectivity index (χ2n) is 4.02. The van der Waals surface area contributed by atoms with Crippen molar-refractivity contribution in [2.45, 2.75) is 13.8 Å². The topological polar surface area (TPSA) is 0 Å². The number of allylic oxidation sites excluding steroid dienone is 8. The Morgan fingerprint density at radius 3 is 2.27 bits per heavy atom. The molecule has 15 heavy (non-hydrogen) atoms. The van der Waals surface area contributed by atoms with E-state index in [4.69, 9.17) is 0 Å². The quantitative estimate of drug-likeness (QED) is 0.616. The summed E-state index contributed by atoms with van der Waals surface area (Å²) in [6.45, 7) is 4.65. The Bertz CT molecular complexity index is 317. The molecular formula is C14H19P. The predicted molar refractivity (Wildman–Crippen MR) is 70.5 cm³/mol. The molecule has 2 aliphatic rings. The van der Waals surface area contributed by atoms with Crippen LogP contribution < -0.4 is 0 Å². The fourth-order valence-electron chi connectivity index (χ4n) is 2.40. The molecular weight excluding hydrogens is 199 g/mol. The van der Waals surface area contributed by atoms with Crippen molar-refractivity contribution < 1.29 is 0 Å². The lowest BCUT2D eigenvalue weighted by Crippen LogP contribution is -2.08. The molecule has 1 unspecified atom stereocenters. The minimum Gasteiger partial charge on any atom is -0.0796 e. The summed E-state index contributed by atoms with van der Waals surface area (Å²) < 4.78 is 0. The van der Waals surface area contributed by atoms with Gasteiger partial charge in [-0.3, -0.25) is 0 Å². The van der Waals surface area contributed by atoms with Gasteiger partial charge in [0.1, 0.15) is 0 Å². The van der Waals surface area contributed by atoms with Gasteiger partial charge in [0.25, 0.3) is 0 Å². The van der Waals surface area contributed by atoms with E-state index in [1.807, 2.05) is 0 Å². The van der Waals surface area contributed by atoms with Crippen LogP contribution in [0.4, 0.5) is 0 Å². The predicted octanol–water partition coefficient (Wildman–Crippen LogP) is 4.32. The van der Waals surface area contributed by atoms with Crippen molar-refractivity contribution in [3.63, 3.8) is 0 Å². The van der Waals surface area contributed by atoms with Gasteiger partial charge in [0.15, 0.2) is 0 Å². The second kappa shape index (κ2) is 4.94. The number of hydrogen-bond acceptors (Lipinski definition) is 0. The van der Waals surface area contributed by atoms with Crippen LogP contribution in [0.1, 0.15) is 13.8 Å². The van der Waals surface area contributed by atoms with Gasteiger partial charge in [-0.2, -0.15) is 0 Å². The summed E-state index contributed by atoms with van der Waals surface area (Å²) in [5.74, 6) is 1.28. The molecule has 0 aromatic carbocycles. The average Bonchev–Trinajstić information content (AvgIpc) is 2.88. The van der Waals surface area contributed by atoms with Gasteiger partial charge in [0.05, 0.1) is 0 Å². The molecule has 0 saturated carbocycles. The molecule has 1 atom stereocenters. The molecule has 80 valence electrons. The maximum absolute atomic E-state index is 2.38. The zero-order valence-corrected chi connectivity index (χ0v) is 10.5. The third-order valence-electron chi connectivity index (χ3n) is 3.25. The van der Waals surface area contributed by atoms with E-state index in [9.17, 15) is 0 Å². The molecule has 0 radical (unpaired) electrons. The first-order chi connectivity index (χ1) is 7.36. The van der Waals surface area contributed by atoms with E-state index in [1.54, 1.807) is 5.31 Å². The van der Waals surface area contributed by atoms with Crippen molar-refractivity contribution in [3.05, 3.63) is 47.8 Å². The smallest absolute Gasteiger partial charge is 0.0123 e. The van der Waals surface area contributed by atoms with Gasteiger partial charge in [0, 0.05) is 11.8 Å². The SMILES string of the molecule is CCP(CC)C1=CC=CC1C1C=CC=C1. The van der Waals surface area contributed by atoms with Crippen LogP contribution in [0.15, 0.2) is 47.8 Å². The van der Waals surface area contributed by atoms with E-state index in [2.05, 4.69) is 56.4 Å². The summed E-state index contributed by atoms with van der Waals surface area (Å²) in [6.07, 6.45) is 18.7. The summed E-state index contributed by atoms with van der Waals surface area (Å²) in [5.41, 5.74) is 0. The van der Waals surface area contributed by atoms with Gasteiger partial charge in [-0.05, 0) is 17.6 Å². The van der Waals surface area contributed by atoms with Gasteiger partial charge < -0.3 is 0 Å². The van der Waals surface area contributed by atoms with Gasteiger partial charge >= 0.3 is 0 Å². The van der Waals surface area contributed by atoms with Crippen LogP contribution in [0, 0.1) is 11.8 Å². The molecule has 0 heterocycles. The Kier molecular flexibility index (Phi) is 3.59. The molecule has 2 rings (SSSR count). The van der Waals surface area contributed by atoms with E-state index >= 15 is 0 Å². The molecule has 0 aromatic rings. The maximum atomic E-state index is 2.38. The highest BCUT2D eigenvalue weighted by Crippen LogP contribution is 2.52. The van der Waals surface area contributed by atoms with Crippen LogP contribution in [0.3, 0.4) is 0 Å². The van der Waals surface area contributed by atoms with Crippen LogP contribution in [0.2, 0.25) is 0 Å². The first kappa shape index (κ1) is 10.9. The molecule has 2 aliphatic carbocycles. The molecule has 0 amide bonds. The Morgan fingerprint density at radius 2 is 1.67 bits per heavy atom. The third kappa shape index (κ3) is 2.16. The molecule has 0 spiro atoms. The zero-order valence-electron chi connectivity index (χ0n) is 9.56. The molecule has 0 N–H and O–H groups in total. The fraction of sp³-hybridized carbons (Fsp3) is 0.429. The van der Waals surface area contributed by atoms with Gasteiger partial charge in [-0.25, -0.2) is 0 Å². The molecule has 1 heteroatoms. The highest BCUT2D eigenvalue weighted by molar-refractivity contribution is 7.62. The number of hydrogen-bond donors (Lipinski definition) is 0. The fourth-order valence-corrected chi connectivity index (χ4v) is 4.56. The monoisotopic (exact) mass is 218 g/mol. The zero-order chi connectivity index (χ0) is 10.7. The van der Waals surface area contributed by atoms with Crippen LogP contribution in [0.5, 0.6) is 0 Å². The summed E-state index contributed by atoms with van der Waals surface area (Å²) in [7, 11) is 0.118. The molecule has 0 aliphatic heterocycles. The molecule has 0 aromatic heterocycles. The maximum Gasteiger partial charge on any atom is 0.0123 e. The highest BCUT2D eigenvalue weighted by atomic mass is 31.1. The van der Waals surface area contributed by atoms with Crippen LogP contribution in [0.25, 0.3) is 0 Å². The van der Waals surface area contributed by atoms with E-state index in [-0.39, 0.29) is 7.92 Å². The summed E-state index contributed by atoms with van der Waals surface area (Å²) in [4.78, 5) is 0. The van der Waals surface area contributed by atoms with Crippen LogP contribution in [-0.2, 0) is 0 Å². The molecule has 0 saturated heterocycles. The number of rotatable bonds is 4. The van der Waals surface area contributed by atoms with E-state index in [0.29, 0.717) is 11.8 Å². The van der Waals surface area contributed by atoms with Crippen molar-refractivity contribution in [1.82, 2.24) is 0 Å². The Morgan fingerprint density at radius 1 is 1.00 bits per heavy atom. The summed E-state index contributed by atoms with van der Waals surface area (Å²) >= 11 is 0. The Hall–Kier alpha value is -0.610. The lowest BCUT2D eigenvalue weighted by Gasteiger charge is -2.24. The van der Waals surface area contributed by atoms with Gasteiger partial charge in [0.2, 0.25) is 0 Å². The Balaban J connectivity index is 2.12. The lowest BCUT2D eigenvalue weighted by molar-refractivity contribution is 0.679. The summed E-state index contributed by atoms with van der Waals surface area (Å²) in [5, 5.41) is 1.70. The van der Waals surface area contributed by atoms with E-state index in [0.717, 1.165) is 0 Å². The molecule has 0 fully saturated rings. The standard InChI is InChI=1S/C14H19P/c1-3-15(4-2)14-11-7-10-13(14)12-8-5-6-9-12/h5-13H,3-4H2,1-2H3. The van der Waals surface area contributed by atoms with Crippen molar-refractivity contribution in [1.29, 1.82) is 0 Å². The van der Waals surface area contributed by atoms with Crippen molar-refractivity contribution in [3.8, 4) is 0 Å². The first-order valence-electron chi connectivity index (χ1n) is 5.85. The third-order valence-corrected chi connectivity index (χ3v) is 5.95. The van der Waals surface area contributed by atoms with Crippen molar-refractivity contribution in [2.75, 3.05) is 12.3 Å². The van der Waals surface area contributed by atoms with E-state index in [1.165, 1.54) is 12.3 Å². The normalized spacial score (nSPS) is 24.5. The average molecular weight is 218 g/mol. The van der Waals surface area contributed by atoms with Crippen molar-refractivity contribution >= 4 is 7.92 Å². The molecule has 0 bridgehead atoms. The second-order valence-corrected chi connectivity index (χ2v) is 6.88. The minimum atomic E-state index is 0.118. The van der Waals surface area contributed by atoms with Crippen molar-refractivity contribution in [2.24, 2.45) is 11.8 Å². The van der Waals surface area contributed by atoms with Gasteiger partial charge in [-0.1, -0.05) is 64.3 Å². The van der Waals surface area contributed by atoms with E-state index < -0.39 is 0 Å². The summed E-state index contributed by atoms with van der Waals surface area (Å²) in [6, 6.07) is 0. The Labute approximate surface area is 94.2 Å². The van der Waals surface area contributed by atoms with Crippen LogP contribution >= 0.6 is 7.92 Å². The minimum absolute atomic E-state index is 0.118. The largest absolute Gasteiger partial charge is 0.0796 e.